The average molecular weight is 249 g/mol. The third-order valence-corrected chi connectivity index (χ3v) is 2.80. The van der Waals surface area contributed by atoms with E-state index in [9.17, 15) is 0 Å². The third kappa shape index (κ3) is 3.18. The van der Waals surface area contributed by atoms with E-state index >= 15 is 0 Å². The molecule has 0 amide bonds. The highest BCUT2D eigenvalue weighted by Crippen LogP contribution is 2.03. The van der Waals surface area contributed by atoms with Gasteiger partial charge in [0.1, 0.15) is 11.6 Å². The average Bonchev–Trinajstić information content (AvgIpc) is 2.96. The highest BCUT2D eigenvalue weighted by Gasteiger charge is 2.05. The first-order chi connectivity index (χ1) is 8.81. The monoisotopic (exact) mass is 249 g/mol. The molecule has 1 N–H and O–H groups in total. The molecule has 0 aliphatic rings. The van der Waals surface area contributed by atoms with Gasteiger partial charge in [-0.25, -0.2) is 9.97 Å². The van der Waals surface area contributed by atoms with Gasteiger partial charge in [-0.05, 0) is 0 Å². The summed E-state index contributed by atoms with van der Waals surface area (Å²) in [6.07, 6.45) is 7.55. The zero-order valence-electron chi connectivity index (χ0n) is 10.8. The molecule has 2 aromatic heterocycles. The first-order valence-corrected chi connectivity index (χ1v) is 5.97. The van der Waals surface area contributed by atoms with Gasteiger partial charge >= 0.3 is 0 Å². The number of ether oxygens (including phenoxy) is 1. The van der Waals surface area contributed by atoms with Crippen molar-refractivity contribution in [1.29, 1.82) is 0 Å². The number of nitrogens with one attached hydrogen (secondary N) is 1. The first kappa shape index (κ1) is 12.8. The molecule has 6 heteroatoms. The maximum Gasteiger partial charge on any atom is 0.128 e. The van der Waals surface area contributed by atoms with Crippen molar-refractivity contribution < 1.29 is 4.74 Å². The van der Waals surface area contributed by atoms with Gasteiger partial charge < -0.3 is 19.2 Å². The molecule has 0 aromatic carbocycles. The van der Waals surface area contributed by atoms with Gasteiger partial charge in [0, 0.05) is 45.5 Å². The fraction of sp³-hybridized carbons (Fsp3) is 0.500. The molecule has 0 atom stereocenters. The van der Waals surface area contributed by atoms with E-state index in [2.05, 4.69) is 19.9 Å². The summed E-state index contributed by atoms with van der Waals surface area (Å²) in [5, 5.41) is 3.29. The highest BCUT2D eigenvalue weighted by molar-refractivity contribution is 4.99. The molecule has 2 heterocycles. The van der Waals surface area contributed by atoms with E-state index in [-0.39, 0.29) is 0 Å². The van der Waals surface area contributed by atoms with Crippen molar-refractivity contribution in [3.63, 3.8) is 0 Å². The van der Waals surface area contributed by atoms with E-state index in [0.717, 1.165) is 31.3 Å². The first-order valence-electron chi connectivity index (χ1n) is 5.97. The molecule has 0 saturated heterocycles. The molecule has 0 saturated carbocycles. The van der Waals surface area contributed by atoms with Crippen LogP contribution in [0.4, 0.5) is 0 Å². The van der Waals surface area contributed by atoms with Crippen LogP contribution in [0.3, 0.4) is 0 Å². The summed E-state index contributed by atoms with van der Waals surface area (Å²) in [5.74, 6) is 2.03. The second-order valence-electron chi connectivity index (χ2n) is 4.10. The van der Waals surface area contributed by atoms with Gasteiger partial charge in [0.15, 0.2) is 0 Å². The van der Waals surface area contributed by atoms with Crippen LogP contribution in [-0.4, -0.2) is 39.4 Å². The van der Waals surface area contributed by atoms with E-state index in [1.807, 2.05) is 36.4 Å². The van der Waals surface area contributed by atoms with Crippen molar-refractivity contribution in [2.75, 3.05) is 20.3 Å². The maximum absolute atomic E-state index is 4.99. The number of imidazole rings is 2. The van der Waals surface area contributed by atoms with Crippen LogP contribution >= 0.6 is 0 Å². The molecule has 0 aliphatic carbocycles. The Kier molecular flexibility index (Phi) is 4.49. The molecule has 0 spiro atoms. The fourth-order valence-corrected chi connectivity index (χ4v) is 1.73. The Morgan fingerprint density at radius 2 is 2.00 bits per heavy atom. The molecule has 98 valence electrons. The number of hydrogen-bond donors (Lipinski definition) is 1. The molecule has 0 fully saturated rings. The van der Waals surface area contributed by atoms with Gasteiger partial charge in [0.25, 0.3) is 0 Å². The number of aryl methyl sites for hydroxylation is 1. The number of aromatic nitrogens is 4. The Balaban J connectivity index is 1.93. The molecule has 6 nitrogen and oxygen atoms in total. The molecule has 2 aromatic rings. The zero-order valence-corrected chi connectivity index (χ0v) is 10.8. The molecule has 18 heavy (non-hydrogen) atoms. The minimum atomic E-state index is 0.708. The molecule has 0 unspecified atom stereocenters. The Morgan fingerprint density at radius 1 is 1.22 bits per heavy atom. The van der Waals surface area contributed by atoms with Crippen LogP contribution in [0.15, 0.2) is 24.8 Å². The summed E-state index contributed by atoms with van der Waals surface area (Å²) in [7, 11) is 3.69. The van der Waals surface area contributed by atoms with E-state index in [1.54, 1.807) is 7.11 Å². The summed E-state index contributed by atoms with van der Waals surface area (Å²) in [4.78, 5) is 8.66. The fourth-order valence-electron chi connectivity index (χ4n) is 1.73. The topological polar surface area (TPSA) is 56.9 Å². The van der Waals surface area contributed by atoms with Crippen molar-refractivity contribution >= 4 is 0 Å². The van der Waals surface area contributed by atoms with Crippen LogP contribution in [0.1, 0.15) is 11.6 Å². The third-order valence-electron chi connectivity index (χ3n) is 2.80. The minimum Gasteiger partial charge on any atom is -0.383 e. The number of rotatable bonds is 7. The predicted octanol–water partition coefficient (Wildman–Crippen LogP) is 0.401. The lowest BCUT2D eigenvalue weighted by Gasteiger charge is -2.08. The largest absolute Gasteiger partial charge is 0.383 e. The van der Waals surface area contributed by atoms with Crippen molar-refractivity contribution in [3.8, 4) is 0 Å². The highest BCUT2D eigenvalue weighted by atomic mass is 16.5. The van der Waals surface area contributed by atoms with Gasteiger partial charge in [0.2, 0.25) is 0 Å². The van der Waals surface area contributed by atoms with E-state index in [1.165, 1.54) is 0 Å². The zero-order chi connectivity index (χ0) is 12.8. The van der Waals surface area contributed by atoms with Gasteiger partial charge in [-0.3, -0.25) is 0 Å². The Morgan fingerprint density at radius 3 is 2.72 bits per heavy atom. The van der Waals surface area contributed by atoms with Gasteiger partial charge in [-0.2, -0.15) is 0 Å². The summed E-state index contributed by atoms with van der Waals surface area (Å²) >= 11 is 0. The second kappa shape index (κ2) is 6.32. The molecule has 0 bridgehead atoms. The van der Waals surface area contributed by atoms with Crippen LogP contribution in [0.5, 0.6) is 0 Å². The lowest BCUT2D eigenvalue weighted by atomic mass is 10.5. The lowest BCUT2D eigenvalue weighted by molar-refractivity contribution is 0.199. The molecule has 2 rings (SSSR count). The number of hydrogen-bond acceptors (Lipinski definition) is 4. The van der Waals surface area contributed by atoms with Crippen molar-refractivity contribution in [2.45, 2.75) is 13.1 Å². The summed E-state index contributed by atoms with van der Waals surface area (Å²) in [6, 6.07) is 0. The Labute approximate surface area is 107 Å². The van der Waals surface area contributed by atoms with Crippen molar-refractivity contribution in [1.82, 2.24) is 24.4 Å². The standard InChI is InChI=1S/C12H19N5O/c1-16-6-3-15-12(16)10-17-7-4-14-11(17)9-13-5-8-18-2/h3-4,6-7,13H,5,8-10H2,1-2H3. The maximum atomic E-state index is 4.99. The van der Waals surface area contributed by atoms with Crippen LogP contribution in [0, 0.1) is 0 Å². The van der Waals surface area contributed by atoms with Crippen LogP contribution < -0.4 is 5.32 Å². The molecule has 0 radical (unpaired) electrons. The van der Waals surface area contributed by atoms with Crippen LogP contribution in [-0.2, 0) is 24.9 Å². The van der Waals surface area contributed by atoms with Crippen molar-refractivity contribution in [2.24, 2.45) is 7.05 Å². The van der Waals surface area contributed by atoms with Crippen LogP contribution in [0.2, 0.25) is 0 Å². The Bertz CT molecular complexity index is 476. The smallest absolute Gasteiger partial charge is 0.128 e. The van der Waals surface area contributed by atoms with E-state index in [0.29, 0.717) is 6.61 Å². The molecular weight excluding hydrogens is 230 g/mol. The summed E-state index contributed by atoms with van der Waals surface area (Å²) < 4.78 is 9.10. The Hall–Kier alpha value is -1.66. The molecular formula is C12H19N5O. The minimum absolute atomic E-state index is 0.708. The van der Waals surface area contributed by atoms with Gasteiger partial charge in [-0.15, -0.1) is 0 Å². The quantitative estimate of drug-likeness (QED) is 0.722. The number of nitrogens with zero attached hydrogens (tertiary/aromatic N) is 4. The predicted molar refractivity (Wildman–Crippen MR) is 68.1 cm³/mol. The van der Waals surface area contributed by atoms with Crippen molar-refractivity contribution in [3.05, 3.63) is 36.4 Å². The normalized spacial score (nSPS) is 11.0. The summed E-state index contributed by atoms with van der Waals surface area (Å²) in [6.45, 7) is 3.01. The summed E-state index contributed by atoms with van der Waals surface area (Å²) in [5.41, 5.74) is 0. The van der Waals surface area contributed by atoms with E-state index in [4.69, 9.17) is 4.74 Å². The van der Waals surface area contributed by atoms with Gasteiger partial charge in [-0.1, -0.05) is 0 Å². The van der Waals surface area contributed by atoms with Gasteiger partial charge in [0.05, 0.1) is 19.7 Å². The van der Waals surface area contributed by atoms with Crippen LogP contribution in [0.25, 0.3) is 0 Å². The lowest BCUT2D eigenvalue weighted by Crippen LogP contribution is -2.21. The molecule has 0 aliphatic heterocycles. The number of methoxy groups -OCH3 is 1. The second-order valence-corrected chi connectivity index (χ2v) is 4.10. The van der Waals surface area contributed by atoms with E-state index < -0.39 is 0 Å². The SMILES string of the molecule is COCCNCc1nccn1Cc1nccn1C.